The summed E-state index contributed by atoms with van der Waals surface area (Å²) >= 11 is 0. The van der Waals surface area contributed by atoms with Crippen molar-refractivity contribution in [3.8, 4) is 0 Å². The molecule has 1 aliphatic heterocycles. The molecule has 1 rings (SSSR count). The Kier molecular flexibility index (Phi) is 2.47. The van der Waals surface area contributed by atoms with Crippen LogP contribution < -0.4 is 5.90 Å². The van der Waals surface area contributed by atoms with Crippen molar-refractivity contribution in [1.82, 2.24) is 4.90 Å². The van der Waals surface area contributed by atoms with E-state index in [9.17, 15) is 4.39 Å². The van der Waals surface area contributed by atoms with Crippen molar-refractivity contribution in [2.75, 3.05) is 20.2 Å². The van der Waals surface area contributed by atoms with Crippen LogP contribution in [0.25, 0.3) is 0 Å². The van der Waals surface area contributed by atoms with E-state index in [1.54, 1.807) is 0 Å². The monoisotopic (exact) mass is 162 g/mol. The zero-order valence-electron chi connectivity index (χ0n) is 7.01. The van der Waals surface area contributed by atoms with E-state index in [-0.39, 0.29) is 6.61 Å². The molecular formula is C7H15FN2O. The van der Waals surface area contributed by atoms with Crippen molar-refractivity contribution in [2.24, 2.45) is 5.90 Å². The summed E-state index contributed by atoms with van der Waals surface area (Å²) in [5, 5.41) is 0. The molecule has 0 spiro atoms. The number of halogens is 1. The highest BCUT2D eigenvalue weighted by Crippen LogP contribution is 2.30. The van der Waals surface area contributed by atoms with Crippen molar-refractivity contribution in [2.45, 2.75) is 25.1 Å². The highest BCUT2D eigenvalue weighted by Gasteiger charge is 2.43. The van der Waals surface area contributed by atoms with Gasteiger partial charge in [-0.3, -0.25) is 4.90 Å². The molecule has 2 atom stereocenters. The molecule has 0 aromatic carbocycles. The van der Waals surface area contributed by atoms with E-state index in [1.807, 2.05) is 18.9 Å². The first-order valence-corrected chi connectivity index (χ1v) is 3.78. The van der Waals surface area contributed by atoms with Crippen molar-refractivity contribution in [3.05, 3.63) is 0 Å². The Morgan fingerprint density at radius 1 is 1.82 bits per heavy atom. The van der Waals surface area contributed by atoms with Crippen molar-refractivity contribution in [1.29, 1.82) is 0 Å². The van der Waals surface area contributed by atoms with Gasteiger partial charge in [0.15, 0.2) is 0 Å². The summed E-state index contributed by atoms with van der Waals surface area (Å²) in [7, 11) is 1.89. The van der Waals surface area contributed by atoms with Crippen LogP contribution in [0.3, 0.4) is 0 Å². The maximum absolute atomic E-state index is 13.2. The first kappa shape index (κ1) is 8.90. The van der Waals surface area contributed by atoms with Crippen LogP contribution in [-0.4, -0.2) is 36.8 Å². The van der Waals surface area contributed by atoms with Crippen LogP contribution in [0.15, 0.2) is 0 Å². The summed E-state index contributed by atoms with van der Waals surface area (Å²) in [6.07, 6.45) is -0.243. The quantitative estimate of drug-likeness (QED) is 0.594. The molecule has 4 heteroatoms. The normalized spacial score (nSPS) is 39.8. The second-order valence-electron chi connectivity index (χ2n) is 3.35. The third-order valence-electron chi connectivity index (χ3n) is 2.64. The van der Waals surface area contributed by atoms with Gasteiger partial charge >= 0.3 is 0 Å². The zero-order valence-corrected chi connectivity index (χ0v) is 7.01. The second-order valence-corrected chi connectivity index (χ2v) is 3.35. The van der Waals surface area contributed by atoms with Gasteiger partial charge in [0, 0.05) is 6.54 Å². The van der Waals surface area contributed by atoms with E-state index in [0.717, 1.165) is 6.54 Å². The van der Waals surface area contributed by atoms with Gasteiger partial charge in [-0.25, -0.2) is 10.3 Å². The molecule has 0 aromatic heterocycles. The van der Waals surface area contributed by atoms with Crippen LogP contribution in [0.5, 0.6) is 0 Å². The lowest BCUT2D eigenvalue weighted by molar-refractivity contribution is 0.00419. The summed E-state index contributed by atoms with van der Waals surface area (Å²) in [5.41, 5.74) is -0.519. The number of alkyl halides is 1. The Morgan fingerprint density at radius 2 is 2.45 bits per heavy atom. The number of hydrogen-bond donors (Lipinski definition) is 1. The summed E-state index contributed by atoms with van der Waals surface area (Å²) in [6.45, 7) is 2.86. The topological polar surface area (TPSA) is 38.5 Å². The van der Waals surface area contributed by atoms with Gasteiger partial charge in [0.2, 0.25) is 0 Å². The molecule has 2 unspecified atom stereocenters. The lowest BCUT2D eigenvalue weighted by Crippen LogP contribution is -2.48. The fourth-order valence-corrected chi connectivity index (χ4v) is 1.48. The molecule has 3 nitrogen and oxygen atoms in total. The van der Waals surface area contributed by atoms with Crippen LogP contribution in [0, 0.1) is 0 Å². The highest BCUT2D eigenvalue weighted by atomic mass is 19.1. The van der Waals surface area contributed by atoms with Crippen molar-refractivity contribution < 1.29 is 9.23 Å². The predicted molar refractivity (Wildman–Crippen MR) is 40.7 cm³/mol. The third-order valence-corrected chi connectivity index (χ3v) is 2.64. The van der Waals surface area contributed by atoms with Gasteiger partial charge in [-0.15, -0.1) is 0 Å². The van der Waals surface area contributed by atoms with Crippen LogP contribution in [0.4, 0.5) is 4.39 Å². The summed E-state index contributed by atoms with van der Waals surface area (Å²) in [5.74, 6) is 4.92. The number of likely N-dealkylation sites (tertiary alicyclic amines) is 1. The van der Waals surface area contributed by atoms with E-state index < -0.39 is 11.7 Å². The first-order chi connectivity index (χ1) is 5.11. The van der Waals surface area contributed by atoms with Gasteiger partial charge < -0.3 is 4.84 Å². The third kappa shape index (κ3) is 1.38. The molecule has 0 bridgehead atoms. The van der Waals surface area contributed by atoms with Crippen LogP contribution in [0.2, 0.25) is 0 Å². The lowest BCUT2D eigenvalue weighted by atomic mass is 9.99. The van der Waals surface area contributed by atoms with Crippen LogP contribution in [0.1, 0.15) is 13.3 Å². The minimum atomic E-state index is -0.823. The number of nitrogens with zero attached hydrogens (tertiary/aromatic N) is 1. The van der Waals surface area contributed by atoms with Crippen LogP contribution >= 0.6 is 0 Å². The average molecular weight is 162 g/mol. The molecule has 1 heterocycles. The van der Waals surface area contributed by atoms with E-state index in [1.165, 1.54) is 0 Å². The Hall–Kier alpha value is -0.190. The molecule has 0 aromatic rings. The van der Waals surface area contributed by atoms with Gasteiger partial charge in [0.1, 0.15) is 6.17 Å². The summed E-state index contributed by atoms with van der Waals surface area (Å²) in [6, 6.07) is 0. The van der Waals surface area contributed by atoms with E-state index in [2.05, 4.69) is 4.84 Å². The second kappa shape index (κ2) is 3.05. The molecule has 2 N–H and O–H groups in total. The Bertz CT molecular complexity index is 132. The maximum Gasteiger partial charge on any atom is 0.122 e. The van der Waals surface area contributed by atoms with Crippen LogP contribution in [-0.2, 0) is 4.84 Å². The van der Waals surface area contributed by atoms with E-state index in [0.29, 0.717) is 6.42 Å². The number of hydrogen-bond acceptors (Lipinski definition) is 3. The largest absolute Gasteiger partial charge is 0.303 e. The molecule has 66 valence electrons. The lowest BCUT2D eigenvalue weighted by Gasteiger charge is -2.32. The SMILES string of the molecule is CN1CCC(F)C1(C)CON. The van der Waals surface area contributed by atoms with Gasteiger partial charge in [-0.2, -0.15) is 0 Å². The fraction of sp³-hybridized carbons (Fsp3) is 1.00. The smallest absolute Gasteiger partial charge is 0.122 e. The molecule has 0 amide bonds. The minimum Gasteiger partial charge on any atom is -0.303 e. The van der Waals surface area contributed by atoms with E-state index in [4.69, 9.17) is 5.90 Å². The molecule has 0 radical (unpaired) electrons. The first-order valence-electron chi connectivity index (χ1n) is 3.78. The highest BCUT2D eigenvalue weighted by molar-refractivity contribution is 4.97. The molecule has 1 fully saturated rings. The molecule has 1 saturated heterocycles. The Labute approximate surface area is 66.3 Å². The van der Waals surface area contributed by atoms with E-state index >= 15 is 0 Å². The number of rotatable bonds is 2. The number of likely N-dealkylation sites (N-methyl/N-ethyl adjacent to an activating group) is 1. The Morgan fingerprint density at radius 3 is 2.82 bits per heavy atom. The number of nitrogens with two attached hydrogens (primary N) is 1. The van der Waals surface area contributed by atoms with Gasteiger partial charge in [-0.1, -0.05) is 0 Å². The fourth-order valence-electron chi connectivity index (χ4n) is 1.48. The van der Waals surface area contributed by atoms with Crippen molar-refractivity contribution in [3.63, 3.8) is 0 Å². The average Bonchev–Trinajstić information content (AvgIpc) is 2.19. The predicted octanol–water partition coefficient (Wildman–Crippen LogP) is 0.309. The zero-order chi connectivity index (χ0) is 8.48. The maximum atomic E-state index is 13.2. The molecule has 1 aliphatic rings. The van der Waals surface area contributed by atoms with Gasteiger partial charge in [0.25, 0.3) is 0 Å². The van der Waals surface area contributed by atoms with Crippen molar-refractivity contribution >= 4 is 0 Å². The summed E-state index contributed by atoms with van der Waals surface area (Å²) < 4.78 is 13.2. The molecular weight excluding hydrogens is 147 g/mol. The van der Waals surface area contributed by atoms with Gasteiger partial charge in [-0.05, 0) is 20.4 Å². The molecule has 11 heavy (non-hydrogen) atoms. The summed E-state index contributed by atoms with van der Waals surface area (Å²) in [4.78, 5) is 6.44. The standard InChI is InChI=1S/C7H15FN2O/c1-7(5-11-9)6(8)3-4-10(7)2/h6H,3-5,9H2,1-2H3. The van der Waals surface area contributed by atoms with Gasteiger partial charge in [0.05, 0.1) is 12.1 Å². The molecule has 0 aliphatic carbocycles. The Balaban J connectivity index is 2.63. The minimum absolute atomic E-state index is 0.255. The molecule has 0 saturated carbocycles.